The molecule has 3 heterocycles. The first kappa shape index (κ1) is 23.0. The molecule has 2 aliphatic rings. The lowest BCUT2D eigenvalue weighted by atomic mass is 9.88. The van der Waals surface area contributed by atoms with Crippen LogP contribution in [0.5, 0.6) is 0 Å². The fourth-order valence-electron chi connectivity index (χ4n) is 4.61. The minimum Gasteiger partial charge on any atom is -0.450 e. The SMILES string of the molecule is CCOC(=O)N(C)[C@H]1C[C@@H](C)N(C(C)=O)c2ccc(-c3cnc(N4CCOCC4)nc3)cc21. The first-order chi connectivity index (χ1) is 15.9. The summed E-state index contributed by atoms with van der Waals surface area (Å²) in [4.78, 5) is 39.6. The Balaban J connectivity index is 1.69. The average Bonchev–Trinajstić information content (AvgIpc) is 2.83. The molecular formula is C24H31N5O4. The van der Waals surface area contributed by atoms with Gasteiger partial charge in [-0.1, -0.05) is 6.07 Å². The van der Waals surface area contributed by atoms with Crippen molar-refractivity contribution >= 4 is 23.6 Å². The lowest BCUT2D eigenvalue weighted by Crippen LogP contribution is -2.46. The van der Waals surface area contributed by atoms with Gasteiger partial charge >= 0.3 is 6.09 Å². The molecule has 1 fully saturated rings. The predicted octanol–water partition coefficient (Wildman–Crippen LogP) is 3.25. The lowest BCUT2D eigenvalue weighted by Gasteiger charge is -2.42. The van der Waals surface area contributed by atoms with E-state index in [0.717, 1.165) is 35.5 Å². The van der Waals surface area contributed by atoms with Crippen molar-refractivity contribution in [3.05, 3.63) is 36.2 Å². The number of carbonyl (C=O) groups is 2. The molecule has 1 saturated heterocycles. The molecule has 0 aliphatic carbocycles. The second-order valence-corrected chi connectivity index (χ2v) is 8.44. The van der Waals surface area contributed by atoms with Gasteiger partial charge in [0.15, 0.2) is 0 Å². The van der Waals surface area contributed by atoms with Crippen LogP contribution in [0.25, 0.3) is 11.1 Å². The van der Waals surface area contributed by atoms with Crippen LogP contribution in [0.4, 0.5) is 16.4 Å². The molecule has 2 aliphatic heterocycles. The molecule has 0 N–H and O–H groups in total. The van der Waals surface area contributed by atoms with Crippen molar-refractivity contribution in [3.63, 3.8) is 0 Å². The van der Waals surface area contributed by atoms with Crippen molar-refractivity contribution in [3.8, 4) is 11.1 Å². The predicted molar refractivity (Wildman–Crippen MR) is 125 cm³/mol. The minimum absolute atomic E-state index is 0.0214. The molecule has 0 bridgehead atoms. The van der Waals surface area contributed by atoms with Gasteiger partial charge in [-0.25, -0.2) is 14.8 Å². The van der Waals surface area contributed by atoms with E-state index in [2.05, 4.69) is 14.9 Å². The highest BCUT2D eigenvalue weighted by atomic mass is 16.6. The van der Waals surface area contributed by atoms with E-state index in [4.69, 9.17) is 9.47 Å². The van der Waals surface area contributed by atoms with E-state index in [1.807, 2.05) is 37.5 Å². The molecule has 2 atom stereocenters. The third kappa shape index (κ3) is 4.64. The molecule has 0 saturated carbocycles. The smallest absolute Gasteiger partial charge is 0.410 e. The second-order valence-electron chi connectivity index (χ2n) is 8.44. The molecule has 0 radical (unpaired) electrons. The molecule has 176 valence electrons. The zero-order valence-electron chi connectivity index (χ0n) is 19.7. The number of benzene rings is 1. The summed E-state index contributed by atoms with van der Waals surface area (Å²) >= 11 is 0. The number of anilines is 2. The van der Waals surface area contributed by atoms with Gasteiger partial charge < -0.3 is 24.2 Å². The zero-order chi connectivity index (χ0) is 23.5. The summed E-state index contributed by atoms with van der Waals surface area (Å²) in [7, 11) is 1.75. The van der Waals surface area contributed by atoms with Gasteiger partial charge in [-0.05, 0) is 43.5 Å². The number of amides is 2. The van der Waals surface area contributed by atoms with Crippen molar-refractivity contribution in [1.29, 1.82) is 0 Å². The third-order valence-electron chi connectivity index (χ3n) is 6.28. The second kappa shape index (κ2) is 9.74. The number of ether oxygens (including phenoxy) is 2. The number of fused-ring (bicyclic) bond motifs is 1. The van der Waals surface area contributed by atoms with Crippen LogP contribution in [-0.4, -0.2) is 72.9 Å². The summed E-state index contributed by atoms with van der Waals surface area (Å²) < 4.78 is 10.6. The van der Waals surface area contributed by atoms with E-state index in [1.54, 1.807) is 30.7 Å². The molecular weight excluding hydrogens is 422 g/mol. The van der Waals surface area contributed by atoms with Crippen molar-refractivity contribution in [2.45, 2.75) is 39.3 Å². The number of hydrogen-bond acceptors (Lipinski definition) is 7. The Labute approximate surface area is 194 Å². The number of carbonyl (C=O) groups excluding carboxylic acids is 2. The maximum atomic E-state index is 12.5. The summed E-state index contributed by atoms with van der Waals surface area (Å²) in [5.74, 6) is 0.670. The number of rotatable bonds is 4. The van der Waals surface area contributed by atoms with Crippen molar-refractivity contribution in [2.75, 3.05) is 49.8 Å². The quantitative estimate of drug-likeness (QED) is 0.702. The maximum Gasteiger partial charge on any atom is 0.410 e. The van der Waals surface area contributed by atoms with Crippen molar-refractivity contribution < 1.29 is 19.1 Å². The van der Waals surface area contributed by atoms with Gasteiger partial charge in [0, 0.05) is 56.7 Å². The molecule has 9 heteroatoms. The molecule has 0 unspecified atom stereocenters. The van der Waals surface area contributed by atoms with Gasteiger partial charge in [0.05, 0.1) is 25.9 Å². The molecule has 33 heavy (non-hydrogen) atoms. The Morgan fingerprint density at radius 3 is 2.52 bits per heavy atom. The summed E-state index contributed by atoms with van der Waals surface area (Å²) in [6.07, 6.45) is 3.88. The summed E-state index contributed by atoms with van der Waals surface area (Å²) in [5, 5.41) is 0. The summed E-state index contributed by atoms with van der Waals surface area (Å²) in [6.45, 7) is 8.58. The Bertz CT molecular complexity index is 1010. The number of aromatic nitrogens is 2. The van der Waals surface area contributed by atoms with E-state index in [1.165, 1.54) is 0 Å². The first-order valence-corrected chi connectivity index (χ1v) is 11.4. The fourth-order valence-corrected chi connectivity index (χ4v) is 4.61. The van der Waals surface area contributed by atoms with Crippen LogP contribution in [0.2, 0.25) is 0 Å². The Kier molecular flexibility index (Phi) is 6.78. The maximum absolute atomic E-state index is 12.5. The molecule has 0 spiro atoms. The van der Waals surface area contributed by atoms with E-state index in [-0.39, 0.29) is 24.1 Å². The highest BCUT2D eigenvalue weighted by molar-refractivity contribution is 5.94. The summed E-state index contributed by atoms with van der Waals surface area (Å²) in [6, 6.07) is 5.70. The van der Waals surface area contributed by atoms with E-state index in [0.29, 0.717) is 32.2 Å². The fraction of sp³-hybridized carbons (Fsp3) is 0.500. The van der Waals surface area contributed by atoms with Gasteiger partial charge in [-0.2, -0.15) is 0 Å². The number of morpholine rings is 1. The molecule has 1 aromatic carbocycles. The third-order valence-corrected chi connectivity index (χ3v) is 6.28. The van der Waals surface area contributed by atoms with Crippen LogP contribution in [0.1, 0.15) is 38.8 Å². The topological polar surface area (TPSA) is 88.1 Å². The van der Waals surface area contributed by atoms with Crippen LogP contribution in [-0.2, 0) is 14.3 Å². The van der Waals surface area contributed by atoms with Gasteiger partial charge in [0.2, 0.25) is 11.9 Å². The Morgan fingerprint density at radius 2 is 1.88 bits per heavy atom. The number of nitrogens with zero attached hydrogens (tertiary/aromatic N) is 5. The monoisotopic (exact) mass is 453 g/mol. The van der Waals surface area contributed by atoms with Crippen LogP contribution < -0.4 is 9.80 Å². The Hall–Kier alpha value is -3.20. The van der Waals surface area contributed by atoms with Gasteiger partial charge in [-0.15, -0.1) is 0 Å². The van der Waals surface area contributed by atoms with E-state index >= 15 is 0 Å². The van der Waals surface area contributed by atoms with Crippen molar-refractivity contribution in [1.82, 2.24) is 14.9 Å². The molecule has 2 amide bonds. The molecule has 1 aromatic heterocycles. The van der Waals surface area contributed by atoms with E-state index < -0.39 is 0 Å². The van der Waals surface area contributed by atoms with Gasteiger partial charge in [0.1, 0.15) is 0 Å². The normalized spacial score (nSPS) is 20.2. The highest BCUT2D eigenvalue weighted by Crippen LogP contribution is 2.42. The van der Waals surface area contributed by atoms with E-state index in [9.17, 15) is 9.59 Å². The van der Waals surface area contributed by atoms with Crippen LogP contribution in [0.15, 0.2) is 30.6 Å². The molecule has 2 aromatic rings. The zero-order valence-corrected chi connectivity index (χ0v) is 19.7. The standard InChI is InChI=1S/C24H31N5O4/c1-5-33-24(31)27(4)22-12-16(2)29(17(3)30)21-7-6-18(13-20(21)22)19-14-25-23(26-15-19)28-8-10-32-11-9-28/h6-7,13-16,22H,5,8-12H2,1-4H3/t16-,22+/m1/s1. The van der Waals surface area contributed by atoms with Crippen molar-refractivity contribution in [2.24, 2.45) is 0 Å². The molecule has 4 rings (SSSR count). The largest absolute Gasteiger partial charge is 0.450 e. The summed E-state index contributed by atoms with van der Waals surface area (Å²) in [5.41, 5.74) is 3.54. The van der Waals surface area contributed by atoms with Crippen LogP contribution in [0, 0.1) is 0 Å². The average molecular weight is 454 g/mol. The van der Waals surface area contributed by atoms with Crippen LogP contribution >= 0.6 is 0 Å². The Morgan fingerprint density at radius 1 is 1.18 bits per heavy atom. The highest BCUT2D eigenvalue weighted by Gasteiger charge is 2.36. The van der Waals surface area contributed by atoms with Gasteiger partial charge in [0.25, 0.3) is 0 Å². The first-order valence-electron chi connectivity index (χ1n) is 11.4. The minimum atomic E-state index is -0.375. The molecule has 9 nitrogen and oxygen atoms in total. The lowest BCUT2D eigenvalue weighted by molar-refractivity contribution is -0.117. The van der Waals surface area contributed by atoms with Crippen LogP contribution in [0.3, 0.4) is 0 Å². The number of hydrogen-bond donors (Lipinski definition) is 0. The van der Waals surface area contributed by atoms with Gasteiger partial charge in [-0.3, -0.25) is 4.79 Å².